The number of rotatable bonds is 8. The molecule has 10 heteroatoms. The molecule has 3 N–H and O–H groups in total. The second kappa shape index (κ2) is 10.5. The number of para-hydroxylation sites is 2. The van der Waals surface area contributed by atoms with E-state index in [4.69, 9.17) is 4.74 Å². The SMILES string of the molecule is C[C@H](SCC(=O)Nc1ccc(F)cc1)C(=O)OCC(O)=C(C#N)c1nc2ccccc2[nH]1. The zero-order valence-electron chi connectivity index (χ0n) is 17.0. The number of aromatic nitrogens is 2. The lowest BCUT2D eigenvalue weighted by Gasteiger charge is -2.11. The van der Waals surface area contributed by atoms with Crippen LogP contribution < -0.4 is 5.32 Å². The fraction of sp³-hybridized carbons (Fsp3) is 0.182. The van der Waals surface area contributed by atoms with E-state index in [1.54, 1.807) is 31.2 Å². The van der Waals surface area contributed by atoms with Crippen molar-refractivity contribution in [1.82, 2.24) is 9.97 Å². The first-order valence-electron chi connectivity index (χ1n) is 9.48. The first-order valence-corrected chi connectivity index (χ1v) is 10.5. The average Bonchev–Trinajstić information content (AvgIpc) is 3.21. The van der Waals surface area contributed by atoms with Gasteiger partial charge in [-0.2, -0.15) is 5.26 Å². The van der Waals surface area contributed by atoms with Gasteiger partial charge in [0.15, 0.2) is 11.6 Å². The third-order valence-corrected chi connectivity index (χ3v) is 5.42. The van der Waals surface area contributed by atoms with Crippen LogP contribution in [-0.4, -0.2) is 44.6 Å². The van der Waals surface area contributed by atoms with Gasteiger partial charge in [0.05, 0.1) is 16.8 Å². The monoisotopic (exact) mass is 454 g/mol. The molecule has 0 spiro atoms. The number of imidazole rings is 1. The van der Waals surface area contributed by atoms with E-state index in [9.17, 15) is 24.3 Å². The summed E-state index contributed by atoms with van der Waals surface area (Å²) in [4.78, 5) is 31.3. The van der Waals surface area contributed by atoms with Crippen molar-refractivity contribution < 1.29 is 23.8 Å². The minimum atomic E-state index is -0.696. The molecule has 1 aromatic heterocycles. The smallest absolute Gasteiger partial charge is 0.319 e. The Labute approximate surface area is 187 Å². The summed E-state index contributed by atoms with van der Waals surface area (Å²) in [7, 11) is 0. The molecule has 2 aromatic carbocycles. The number of aliphatic hydroxyl groups excluding tert-OH is 1. The van der Waals surface area contributed by atoms with E-state index in [0.29, 0.717) is 16.7 Å². The fourth-order valence-electron chi connectivity index (χ4n) is 2.65. The van der Waals surface area contributed by atoms with E-state index < -0.39 is 29.4 Å². The number of esters is 1. The van der Waals surface area contributed by atoms with Crippen LogP contribution in [0.25, 0.3) is 16.6 Å². The van der Waals surface area contributed by atoms with Crippen LogP contribution in [0.3, 0.4) is 0 Å². The van der Waals surface area contributed by atoms with Gasteiger partial charge in [-0.3, -0.25) is 9.59 Å². The number of nitriles is 1. The molecule has 1 atom stereocenters. The van der Waals surface area contributed by atoms with Gasteiger partial charge in [-0.1, -0.05) is 12.1 Å². The molecule has 3 aromatic rings. The third kappa shape index (κ3) is 5.86. The normalized spacial score (nSPS) is 12.5. The van der Waals surface area contributed by atoms with Gasteiger partial charge in [0, 0.05) is 5.69 Å². The molecular formula is C22H19FN4O4S. The van der Waals surface area contributed by atoms with E-state index >= 15 is 0 Å². The van der Waals surface area contributed by atoms with Crippen LogP contribution in [0.1, 0.15) is 12.7 Å². The van der Waals surface area contributed by atoms with Crippen molar-refractivity contribution in [1.29, 1.82) is 5.26 Å². The lowest BCUT2D eigenvalue weighted by Crippen LogP contribution is -2.22. The Morgan fingerprint density at radius 1 is 1.28 bits per heavy atom. The number of thioether (sulfide) groups is 1. The molecule has 32 heavy (non-hydrogen) atoms. The van der Waals surface area contributed by atoms with Crippen molar-refractivity contribution in [3.05, 3.63) is 65.9 Å². The number of hydrogen-bond donors (Lipinski definition) is 3. The van der Waals surface area contributed by atoms with Gasteiger partial charge >= 0.3 is 5.97 Å². The molecule has 0 radical (unpaired) electrons. The number of carbonyl (C=O) groups excluding carboxylic acids is 2. The Kier molecular flexibility index (Phi) is 7.46. The Morgan fingerprint density at radius 3 is 2.69 bits per heavy atom. The summed E-state index contributed by atoms with van der Waals surface area (Å²) in [5.74, 6) is -1.73. The van der Waals surface area contributed by atoms with E-state index in [0.717, 1.165) is 11.8 Å². The summed E-state index contributed by atoms with van der Waals surface area (Å²) >= 11 is 1.04. The number of anilines is 1. The first kappa shape index (κ1) is 22.8. The number of ether oxygens (including phenoxy) is 1. The summed E-state index contributed by atoms with van der Waals surface area (Å²) in [6, 6.07) is 14.3. The van der Waals surface area contributed by atoms with Crippen molar-refractivity contribution in [2.24, 2.45) is 0 Å². The highest BCUT2D eigenvalue weighted by atomic mass is 32.2. The van der Waals surface area contributed by atoms with Crippen LogP contribution in [0.5, 0.6) is 0 Å². The number of carbonyl (C=O) groups is 2. The van der Waals surface area contributed by atoms with Crippen LogP contribution in [0.15, 0.2) is 54.3 Å². The quantitative estimate of drug-likeness (QED) is 0.268. The molecule has 0 aliphatic rings. The number of hydrogen-bond acceptors (Lipinski definition) is 7. The number of aliphatic hydroxyl groups is 1. The van der Waals surface area contributed by atoms with E-state index in [1.807, 2.05) is 6.07 Å². The molecule has 0 bridgehead atoms. The molecule has 0 fully saturated rings. The van der Waals surface area contributed by atoms with Crippen molar-refractivity contribution in [3.8, 4) is 6.07 Å². The summed E-state index contributed by atoms with van der Waals surface area (Å²) in [6.07, 6.45) is 0. The maximum Gasteiger partial charge on any atom is 0.319 e. The van der Waals surface area contributed by atoms with Crippen molar-refractivity contribution in [2.75, 3.05) is 17.7 Å². The second-order valence-corrected chi connectivity index (χ2v) is 7.98. The maximum absolute atomic E-state index is 12.9. The van der Waals surface area contributed by atoms with Crippen LogP contribution in [0.2, 0.25) is 0 Å². The highest BCUT2D eigenvalue weighted by Crippen LogP contribution is 2.20. The van der Waals surface area contributed by atoms with Gasteiger partial charge in [0.1, 0.15) is 29.3 Å². The lowest BCUT2D eigenvalue weighted by atomic mass is 10.2. The first-order chi connectivity index (χ1) is 15.4. The number of amides is 1. The van der Waals surface area contributed by atoms with E-state index in [2.05, 4.69) is 15.3 Å². The molecule has 1 heterocycles. The number of nitrogens with zero attached hydrogens (tertiary/aromatic N) is 2. The predicted molar refractivity (Wildman–Crippen MR) is 119 cm³/mol. The predicted octanol–water partition coefficient (Wildman–Crippen LogP) is 3.80. The van der Waals surface area contributed by atoms with Gasteiger partial charge in [-0.15, -0.1) is 11.8 Å². The number of fused-ring (bicyclic) bond motifs is 1. The van der Waals surface area contributed by atoms with E-state index in [1.165, 1.54) is 24.3 Å². The van der Waals surface area contributed by atoms with Crippen LogP contribution >= 0.6 is 11.8 Å². The molecule has 0 aliphatic carbocycles. The highest BCUT2D eigenvalue weighted by Gasteiger charge is 2.19. The molecule has 0 unspecified atom stereocenters. The molecule has 0 saturated carbocycles. The van der Waals surface area contributed by atoms with Crippen LogP contribution in [0.4, 0.5) is 10.1 Å². The fourth-order valence-corrected chi connectivity index (χ4v) is 3.33. The highest BCUT2D eigenvalue weighted by molar-refractivity contribution is 8.01. The summed E-state index contributed by atoms with van der Waals surface area (Å²) in [5.41, 5.74) is 1.64. The molecule has 8 nitrogen and oxygen atoms in total. The number of benzene rings is 2. The topological polar surface area (TPSA) is 128 Å². The number of allylic oxidation sites excluding steroid dienone is 1. The maximum atomic E-state index is 12.9. The van der Waals surface area contributed by atoms with Crippen molar-refractivity contribution >= 4 is 45.9 Å². The molecule has 0 aliphatic heterocycles. The summed E-state index contributed by atoms with van der Waals surface area (Å²) in [5, 5.41) is 21.5. The Morgan fingerprint density at radius 2 is 2.00 bits per heavy atom. The Bertz CT molecular complexity index is 1170. The zero-order chi connectivity index (χ0) is 23.1. The lowest BCUT2D eigenvalue weighted by molar-refractivity contribution is -0.142. The van der Waals surface area contributed by atoms with Crippen LogP contribution in [-0.2, 0) is 14.3 Å². The molecule has 164 valence electrons. The molecule has 0 saturated heterocycles. The van der Waals surface area contributed by atoms with Gasteiger partial charge in [0.25, 0.3) is 0 Å². The standard InChI is InChI=1S/C22H19FN4O4S/c1-13(32-12-20(29)25-15-8-6-14(23)7-9-15)22(30)31-11-19(28)16(10-24)21-26-17-4-2-3-5-18(17)27-21/h2-9,13,28H,11-12H2,1H3,(H,25,29)(H,26,27)/t13-/m0/s1. The minimum absolute atomic E-state index is 0.0299. The Balaban J connectivity index is 1.52. The van der Waals surface area contributed by atoms with Gasteiger partial charge in [-0.05, 0) is 43.3 Å². The van der Waals surface area contributed by atoms with Gasteiger partial charge < -0.3 is 20.1 Å². The van der Waals surface area contributed by atoms with Gasteiger partial charge in [0.2, 0.25) is 5.91 Å². The van der Waals surface area contributed by atoms with Crippen molar-refractivity contribution in [2.45, 2.75) is 12.2 Å². The van der Waals surface area contributed by atoms with Gasteiger partial charge in [-0.25, -0.2) is 9.37 Å². The third-order valence-electron chi connectivity index (χ3n) is 4.30. The van der Waals surface area contributed by atoms with E-state index in [-0.39, 0.29) is 23.1 Å². The number of H-pyrrole nitrogens is 1. The van der Waals surface area contributed by atoms with Crippen molar-refractivity contribution in [3.63, 3.8) is 0 Å². The molecular weight excluding hydrogens is 435 g/mol. The number of halogens is 1. The number of nitrogens with one attached hydrogen (secondary N) is 2. The zero-order valence-corrected chi connectivity index (χ0v) is 17.8. The average molecular weight is 454 g/mol. The Hall–Kier alpha value is -3.84. The number of aromatic amines is 1. The van der Waals surface area contributed by atoms with Crippen LogP contribution in [0, 0.1) is 17.1 Å². The summed E-state index contributed by atoms with van der Waals surface area (Å²) in [6.45, 7) is 1.05. The summed E-state index contributed by atoms with van der Waals surface area (Å²) < 4.78 is 18.0. The molecule has 3 rings (SSSR count). The largest absolute Gasteiger partial charge is 0.507 e. The minimum Gasteiger partial charge on any atom is -0.507 e. The molecule has 1 amide bonds. The second-order valence-electron chi connectivity index (χ2n) is 6.65.